The zero-order valence-corrected chi connectivity index (χ0v) is 15.2. The van der Waals surface area contributed by atoms with Crippen molar-refractivity contribution in [2.45, 2.75) is 32.3 Å². The number of anilines is 1. The molecule has 2 aromatic heterocycles. The molecule has 3 aromatic rings. The SMILES string of the molecule is CSc1nc2nc(C)c(CC(=O)Nc3cc(F)ccc3C)c(C)n2n1. The molecule has 0 atom stereocenters. The Morgan fingerprint density at radius 2 is 2.04 bits per heavy atom. The lowest BCUT2D eigenvalue weighted by Gasteiger charge is -2.12. The fraction of sp³-hybridized carbons (Fsp3) is 0.294. The smallest absolute Gasteiger partial charge is 0.253 e. The molecule has 0 unspecified atom stereocenters. The predicted octanol–water partition coefficient (Wildman–Crippen LogP) is 3.09. The van der Waals surface area contributed by atoms with Gasteiger partial charge in [-0.15, -0.1) is 5.10 Å². The molecule has 130 valence electrons. The van der Waals surface area contributed by atoms with Gasteiger partial charge in [0.25, 0.3) is 5.78 Å². The van der Waals surface area contributed by atoms with Crippen molar-refractivity contribution >= 4 is 29.1 Å². The molecule has 3 rings (SSSR count). The largest absolute Gasteiger partial charge is 0.325 e. The quantitative estimate of drug-likeness (QED) is 0.725. The van der Waals surface area contributed by atoms with E-state index < -0.39 is 0 Å². The zero-order chi connectivity index (χ0) is 18.1. The van der Waals surface area contributed by atoms with Crippen molar-refractivity contribution in [2.75, 3.05) is 11.6 Å². The molecule has 1 amide bonds. The highest BCUT2D eigenvalue weighted by atomic mass is 32.2. The van der Waals surface area contributed by atoms with Gasteiger partial charge in [0.15, 0.2) is 0 Å². The summed E-state index contributed by atoms with van der Waals surface area (Å²) < 4.78 is 15.0. The van der Waals surface area contributed by atoms with E-state index in [1.54, 1.807) is 10.6 Å². The van der Waals surface area contributed by atoms with Gasteiger partial charge < -0.3 is 5.32 Å². The van der Waals surface area contributed by atoms with Gasteiger partial charge in [-0.05, 0) is 44.7 Å². The fourth-order valence-electron chi connectivity index (χ4n) is 2.62. The minimum atomic E-state index is -0.386. The molecule has 0 aliphatic rings. The van der Waals surface area contributed by atoms with Gasteiger partial charge >= 0.3 is 0 Å². The van der Waals surface area contributed by atoms with Gasteiger partial charge in [0.05, 0.1) is 6.42 Å². The van der Waals surface area contributed by atoms with Crippen LogP contribution in [-0.2, 0) is 11.2 Å². The monoisotopic (exact) mass is 359 g/mol. The second-order valence-electron chi connectivity index (χ2n) is 5.76. The molecule has 0 aliphatic carbocycles. The predicted molar refractivity (Wildman–Crippen MR) is 95.5 cm³/mol. The maximum absolute atomic E-state index is 13.4. The van der Waals surface area contributed by atoms with E-state index in [0.29, 0.717) is 16.6 Å². The summed E-state index contributed by atoms with van der Waals surface area (Å²) in [7, 11) is 0. The van der Waals surface area contributed by atoms with E-state index >= 15 is 0 Å². The van der Waals surface area contributed by atoms with Gasteiger partial charge in [0.2, 0.25) is 11.1 Å². The van der Waals surface area contributed by atoms with Gasteiger partial charge in [0, 0.05) is 22.6 Å². The van der Waals surface area contributed by atoms with Crippen LogP contribution in [0.25, 0.3) is 5.78 Å². The van der Waals surface area contributed by atoms with E-state index in [0.717, 1.165) is 22.5 Å². The van der Waals surface area contributed by atoms with Crippen LogP contribution in [0, 0.1) is 26.6 Å². The minimum Gasteiger partial charge on any atom is -0.325 e. The molecule has 0 saturated carbocycles. The number of halogens is 1. The lowest BCUT2D eigenvalue weighted by atomic mass is 10.1. The Hall–Kier alpha value is -2.48. The molecule has 25 heavy (non-hydrogen) atoms. The second kappa shape index (κ2) is 6.79. The number of nitrogens with one attached hydrogen (secondary N) is 1. The lowest BCUT2D eigenvalue weighted by molar-refractivity contribution is -0.115. The van der Waals surface area contributed by atoms with E-state index in [1.807, 2.05) is 27.0 Å². The summed E-state index contributed by atoms with van der Waals surface area (Å²) in [4.78, 5) is 21.2. The number of benzene rings is 1. The van der Waals surface area contributed by atoms with E-state index in [1.165, 1.54) is 23.9 Å². The molecule has 0 radical (unpaired) electrons. The second-order valence-corrected chi connectivity index (χ2v) is 6.53. The third kappa shape index (κ3) is 3.48. The lowest BCUT2D eigenvalue weighted by Crippen LogP contribution is -2.18. The van der Waals surface area contributed by atoms with Crippen LogP contribution in [0.2, 0.25) is 0 Å². The molecule has 1 N–H and O–H groups in total. The summed E-state index contributed by atoms with van der Waals surface area (Å²) in [6, 6.07) is 4.32. The molecule has 1 aromatic carbocycles. The van der Waals surface area contributed by atoms with Crippen molar-refractivity contribution in [3.05, 3.63) is 46.5 Å². The molecule has 0 aliphatic heterocycles. The molecule has 2 heterocycles. The minimum absolute atomic E-state index is 0.130. The molecule has 0 spiro atoms. The summed E-state index contributed by atoms with van der Waals surface area (Å²) in [5, 5.41) is 7.77. The molecule has 0 bridgehead atoms. The number of carbonyl (C=O) groups is 1. The highest BCUT2D eigenvalue weighted by Gasteiger charge is 2.16. The van der Waals surface area contributed by atoms with Gasteiger partial charge in [-0.2, -0.15) is 4.98 Å². The molecular weight excluding hydrogens is 341 g/mol. The van der Waals surface area contributed by atoms with Gasteiger partial charge in [0.1, 0.15) is 5.82 Å². The van der Waals surface area contributed by atoms with Gasteiger partial charge in [-0.3, -0.25) is 4.79 Å². The van der Waals surface area contributed by atoms with Crippen molar-refractivity contribution in [1.82, 2.24) is 19.6 Å². The van der Waals surface area contributed by atoms with Crippen LogP contribution in [0.15, 0.2) is 23.4 Å². The Kier molecular flexibility index (Phi) is 4.71. The van der Waals surface area contributed by atoms with Crippen molar-refractivity contribution in [3.8, 4) is 0 Å². The fourth-order valence-corrected chi connectivity index (χ4v) is 2.95. The number of amides is 1. The Balaban J connectivity index is 1.89. The molecular formula is C17H18FN5OS. The highest BCUT2D eigenvalue weighted by Crippen LogP contribution is 2.19. The first-order valence-electron chi connectivity index (χ1n) is 7.72. The normalized spacial score (nSPS) is 11.1. The molecule has 8 heteroatoms. The average Bonchev–Trinajstić information content (AvgIpc) is 2.98. The van der Waals surface area contributed by atoms with Crippen LogP contribution in [-0.4, -0.2) is 31.7 Å². The number of nitrogens with zero attached hydrogens (tertiary/aromatic N) is 4. The maximum atomic E-state index is 13.4. The van der Waals surface area contributed by atoms with Gasteiger partial charge in [-0.25, -0.2) is 13.9 Å². The average molecular weight is 359 g/mol. The number of fused-ring (bicyclic) bond motifs is 1. The van der Waals surface area contributed by atoms with Crippen molar-refractivity contribution in [1.29, 1.82) is 0 Å². The van der Waals surface area contributed by atoms with Crippen LogP contribution in [0.3, 0.4) is 0 Å². The van der Waals surface area contributed by atoms with Crippen LogP contribution in [0.4, 0.5) is 10.1 Å². The summed E-state index contributed by atoms with van der Waals surface area (Å²) >= 11 is 1.44. The first-order chi connectivity index (χ1) is 11.9. The third-order valence-corrected chi connectivity index (χ3v) is 4.56. The molecule has 0 saturated heterocycles. The van der Waals surface area contributed by atoms with Crippen molar-refractivity contribution in [3.63, 3.8) is 0 Å². The summed E-state index contributed by atoms with van der Waals surface area (Å²) in [6.07, 6.45) is 2.03. The van der Waals surface area contributed by atoms with Crippen molar-refractivity contribution < 1.29 is 9.18 Å². The Morgan fingerprint density at radius 1 is 1.28 bits per heavy atom. The van der Waals surface area contributed by atoms with E-state index in [9.17, 15) is 9.18 Å². The number of hydrogen-bond donors (Lipinski definition) is 1. The van der Waals surface area contributed by atoms with E-state index in [2.05, 4.69) is 20.4 Å². The Labute approximate surface area is 148 Å². The van der Waals surface area contributed by atoms with Crippen LogP contribution in [0.5, 0.6) is 0 Å². The number of rotatable bonds is 4. The standard InChI is InChI=1S/C17H18FN5OS/c1-9-5-6-12(18)7-14(9)20-15(24)8-13-10(2)19-16-21-17(25-4)22-23(16)11(13)3/h5-7H,8H2,1-4H3,(H,20,24). The number of aryl methyl sites for hydroxylation is 3. The third-order valence-electron chi connectivity index (χ3n) is 4.02. The first-order valence-corrected chi connectivity index (χ1v) is 8.94. The topological polar surface area (TPSA) is 72.2 Å². The Bertz CT molecular complexity index is 969. The van der Waals surface area contributed by atoms with Crippen LogP contribution < -0.4 is 5.32 Å². The number of aromatic nitrogens is 4. The van der Waals surface area contributed by atoms with E-state index in [4.69, 9.17) is 0 Å². The van der Waals surface area contributed by atoms with E-state index in [-0.39, 0.29) is 18.1 Å². The molecule has 0 fully saturated rings. The highest BCUT2D eigenvalue weighted by molar-refractivity contribution is 7.98. The maximum Gasteiger partial charge on any atom is 0.253 e. The Morgan fingerprint density at radius 3 is 2.76 bits per heavy atom. The molecule has 6 nitrogen and oxygen atoms in total. The summed E-state index contributed by atoms with van der Waals surface area (Å²) in [5.41, 5.74) is 3.62. The number of carbonyl (C=O) groups excluding carboxylic acids is 1. The van der Waals surface area contributed by atoms with Crippen molar-refractivity contribution in [2.24, 2.45) is 0 Å². The van der Waals surface area contributed by atoms with Gasteiger partial charge in [-0.1, -0.05) is 17.8 Å². The van der Waals surface area contributed by atoms with Crippen LogP contribution >= 0.6 is 11.8 Å². The summed E-state index contributed by atoms with van der Waals surface area (Å²) in [6.45, 7) is 5.55. The summed E-state index contributed by atoms with van der Waals surface area (Å²) in [5.74, 6) is -0.0979. The number of thioether (sulfide) groups is 1. The number of hydrogen-bond acceptors (Lipinski definition) is 5. The first kappa shape index (κ1) is 17.3. The zero-order valence-electron chi connectivity index (χ0n) is 14.4. The van der Waals surface area contributed by atoms with Crippen LogP contribution in [0.1, 0.15) is 22.5 Å².